The third-order valence-corrected chi connectivity index (χ3v) is 5.83. The van der Waals surface area contributed by atoms with Gasteiger partial charge in [-0.15, -0.1) is 0 Å². The van der Waals surface area contributed by atoms with E-state index in [1.165, 1.54) is 4.31 Å². The summed E-state index contributed by atoms with van der Waals surface area (Å²) >= 11 is 0. The standard InChI is InChI=1S/C14H22N2O2S/c1-3-12-4-6-13(7-5-12)19(17,18)16-9-8-11(2)14(15)10-16/h4-7,11,14H,3,8-10,15H2,1-2H3. The first-order valence-corrected chi connectivity index (χ1v) is 8.24. The van der Waals surface area contributed by atoms with Crippen LogP contribution < -0.4 is 5.73 Å². The quantitative estimate of drug-likeness (QED) is 0.916. The summed E-state index contributed by atoms with van der Waals surface area (Å²) < 4.78 is 26.5. The van der Waals surface area contributed by atoms with Crippen LogP contribution in [0.25, 0.3) is 0 Å². The fourth-order valence-electron chi connectivity index (χ4n) is 2.33. The first-order chi connectivity index (χ1) is 8.95. The van der Waals surface area contributed by atoms with Crippen LogP contribution in [0.3, 0.4) is 0 Å². The molecule has 0 spiro atoms. The van der Waals surface area contributed by atoms with E-state index in [0.29, 0.717) is 23.9 Å². The lowest BCUT2D eigenvalue weighted by Crippen LogP contribution is -2.49. The van der Waals surface area contributed by atoms with Crippen molar-refractivity contribution in [2.45, 2.75) is 37.6 Å². The van der Waals surface area contributed by atoms with Crippen molar-refractivity contribution in [1.82, 2.24) is 4.31 Å². The molecule has 0 radical (unpaired) electrons. The fourth-order valence-corrected chi connectivity index (χ4v) is 3.82. The number of nitrogens with two attached hydrogens (primary N) is 1. The van der Waals surface area contributed by atoms with Crippen molar-refractivity contribution >= 4 is 10.0 Å². The van der Waals surface area contributed by atoms with Gasteiger partial charge in [0.25, 0.3) is 0 Å². The van der Waals surface area contributed by atoms with Crippen LogP contribution >= 0.6 is 0 Å². The predicted molar refractivity (Wildman–Crippen MR) is 76.3 cm³/mol. The van der Waals surface area contributed by atoms with Gasteiger partial charge >= 0.3 is 0 Å². The summed E-state index contributed by atoms with van der Waals surface area (Å²) in [6, 6.07) is 7.06. The van der Waals surface area contributed by atoms with Gasteiger partial charge in [-0.2, -0.15) is 4.31 Å². The zero-order chi connectivity index (χ0) is 14.0. The second kappa shape index (κ2) is 5.61. The van der Waals surface area contributed by atoms with Crippen LogP contribution in [-0.2, 0) is 16.4 Å². The Labute approximate surface area is 115 Å². The largest absolute Gasteiger partial charge is 0.326 e. The third-order valence-electron chi connectivity index (χ3n) is 3.95. The number of hydrogen-bond donors (Lipinski definition) is 1. The molecule has 2 rings (SSSR count). The lowest BCUT2D eigenvalue weighted by molar-refractivity contribution is 0.253. The lowest BCUT2D eigenvalue weighted by Gasteiger charge is -2.34. The summed E-state index contributed by atoms with van der Waals surface area (Å²) in [7, 11) is -3.39. The molecular weight excluding hydrogens is 260 g/mol. The second-order valence-electron chi connectivity index (χ2n) is 5.29. The van der Waals surface area contributed by atoms with Gasteiger partial charge in [-0.05, 0) is 36.5 Å². The van der Waals surface area contributed by atoms with Gasteiger partial charge in [-0.3, -0.25) is 0 Å². The highest BCUT2D eigenvalue weighted by atomic mass is 32.2. The highest BCUT2D eigenvalue weighted by Gasteiger charge is 2.31. The van der Waals surface area contributed by atoms with Crippen molar-refractivity contribution in [2.24, 2.45) is 11.7 Å². The number of benzene rings is 1. The molecule has 106 valence electrons. The molecule has 0 aliphatic carbocycles. The van der Waals surface area contributed by atoms with E-state index in [4.69, 9.17) is 5.73 Å². The van der Waals surface area contributed by atoms with Gasteiger partial charge in [0, 0.05) is 19.1 Å². The minimum absolute atomic E-state index is 0.0709. The summed E-state index contributed by atoms with van der Waals surface area (Å²) in [6.07, 6.45) is 1.74. The Balaban J connectivity index is 2.21. The van der Waals surface area contributed by atoms with Gasteiger partial charge < -0.3 is 5.73 Å². The van der Waals surface area contributed by atoms with Gasteiger partial charge in [-0.1, -0.05) is 26.0 Å². The SMILES string of the molecule is CCc1ccc(S(=O)(=O)N2CCC(C)C(N)C2)cc1. The number of hydrogen-bond acceptors (Lipinski definition) is 3. The summed E-state index contributed by atoms with van der Waals surface area (Å²) in [5.41, 5.74) is 7.12. The molecule has 1 fully saturated rings. The van der Waals surface area contributed by atoms with Crippen molar-refractivity contribution in [1.29, 1.82) is 0 Å². The van der Waals surface area contributed by atoms with E-state index < -0.39 is 10.0 Å². The number of rotatable bonds is 3. The van der Waals surface area contributed by atoms with Gasteiger partial charge in [-0.25, -0.2) is 8.42 Å². The first-order valence-electron chi connectivity index (χ1n) is 6.80. The van der Waals surface area contributed by atoms with E-state index >= 15 is 0 Å². The highest BCUT2D eigenvalue weighted by molar-refractivity contribution is 7.89. The Morgan fingerprint density at radius 2 is 1.95 bits per heavy atom. The third kappa shape index (κ3) is 2.99. The van der Waals surface area contributed by atoms with Crippen LogP contribution in [0.4, 0.5) is 0 Å². The molecule has 1 saturated heterocycles. The number of sulfonamides is 1. The van der Waals surface area contributed by atoms with Crippen molar-refractivity contribution in [3.05, 3.63) is 29.8 Å². The molecule has 0 aromatic heterocycles. The van der Waals surface area contributed by atoms with Gasteiger partial charge in [0.15, 0.2) is 0 Å². The molecule has 4 nitrogen and oxygen atoms in total. The van der Waals surface area contributed by atoms with Crippen LogP contribution in [0.5, 0.6) is 0 Å². The smallest absolute Gasteiger partial charge is 0.243 e. The molecule has 1 aliphatic rings. The highest BCUT2D eigenvalue weighted by Crippen LogP contribution is 2.23. The summed E-state index contributed by atoms with van der Waals surface area (Å²) in [5, 5.41) is 0. The average Bonchev–Trinajstić information content (AvgIpc) is 2.41. The van der Waals surface area contributed by atoms with E-state index in [1.54, 1.807) is 12.1 Å². The van der Waals surface area contributed by atoms with Crippen molar-refractivity contribution in [2.75, 3.05) is 13.1 Å². The molecule has 2 unspecified atom stereocenters. The molecule has 1 aromatic rings. The number of nitrogens with zero attached hydrogens (tertiary/aromatic N) is 1. The Hall–Kier alpha value is -0.910. The minimum atomic E-state index is -3.39. The Bertz CT molecular complexity index is 525. The Kier molecular flexibility index (Phi) is 4.28. The summed E-state index contributed by atoms with van der Waals surface area (Å²) in [5.74, 6) is 0.383. The molecule has 1 heterocycles. The van der Waals surface area contributed by atoms with E-state index in [2.05, 4.69) is 13.8 Å². The molecule has 1 aliphatic heterocycles. The molecule has 0 amide bonds. The minimum Gasteiger partial charge on any atom is -0.326 e. The van der Waals surface area contributed by atoms with E-state index in [1.807, 2.05) is 12.1 Å². The van der Waals surface area contributed by atoms with E-state index in [9.17, 15) is 8.42 Å². The van der Waals surface area contributed by atoms with Crippen LogP contribution in [0, 0.1) is 5.92 Å². The van der Waals surface area contributed by atoms with E-state index in [0.717, 1.165) is 18.4 Å². The molecule has 1 aromatic carbocycles. The maximum absolute atomic E-state index is 12.5. The zero-order valence-electron chi connectivity index (χ0n) is 11.5. The van der Waals surface area contributed by atoms with Crippen LogP contribution in [0.1, 0.15) is 25.8 Å². The molecule has 0 saturated carbocycles. The van der Waals surface area contributed by atoms with Gasteiger partial charge in [0.1, 0.15) is 0 Å². The maximum Gasteiger partial charge on any atom is 0.243 e. The van der Waals surface area contributed by atoms with Crippen molar-refractivity contribution in [3.8, 4) is 0 Å². The molecular formula is C14H22N2O2S. The molecule has 2 atom stereocenters. The van der Waals surface area contributed by atoms with Gasteiger partial charge in [0.2, 0.25) is 10.0 Å². The summed E-state index contributed by atoms with van der Waals surface area (Å²) in [4.78, 5) is 0.367. The normalized spacial score (nSPS) is 25.4. The molecule has 2 N–H and O–H groups in total. The number of aryl methyl sites for hydroxylation is 1. The fraction of sp³-hybridized carbons (Fsp3) is 0.571. The van der Waals surface area contributed by atoms with E-state index in [-0.39, 0.29) is 6.04 Å². The van der Waals surface area contributed by atoms with Crippen LogP contribution in [-0.4, -0.2) is 31.9 Å². The predicted octanol–water partition coefficient (Wildman–Crippen LogP) is 1.61. The molecule has 19 heavy (non-hydrogen) atoms. The summed E-state index contributed by atoms with van der Waals surface area (Å²) in [6.45, 7) is 5.10. The topological polar surface area (TPSA) is 63.4 Å². The first kappa shape index (κ1) is 14.5. The number of piperidine rings is 1. The Morgan fingerprint density at radius 1 is 1.32 bits per heavy atom. The van der Waals surface area contributed by atoms with Gasteiger partial charge in [0.05, 0.1) is 4.90 Å². The Morgan fingerprint density at radius 3 is 2.47 bits per heavy atom. The van der Waals surface area contributed by atoms with Crippen LogP contribution in [0.15, 0.2) is 29.2 Å². The average molecular weight is 282 g/mol. The lowest BCUT2D eigenvalue weighted by atomic mass is 9.96. The molecule has 5 heteroatoms. The van der Waals surface area contributed by atoms with Crippen molar-refractivity contribution in [3.63, 3.8) is 0 Å². The molecule has 0 bridgehead atoms. The van der Waals surface area contributed by atoms with Crippen LogP contribution in [0.2, 0.25) is 0 Å². The zero-order valence-corrected chi connectivity index (χ0v) is 12.4. The monoisotopic (exact) mass is 282 g/mol. The second-order valence-corrected chi connectivity index (χ2v) is 7.23. The van der Waals surface area contributed by atoms with Crippen molar-refractivity contribution < 1.29 is 8.42 Å². The maximum atomic E-state index is 12.5.